The Hall–Kier alpha value is -2.57. The summed E-state index contributed by atoms with van der Waals surface area (Å²) in [5.41, 5.74) is -0.00751. The number of nitrogens with zero attached hydrogens (tertiary/aromatic N) is 2. The Kier molecular flexibility index (Phi) is 4.76. The second kappa shape index (κ2) is 6.74. The van der Waals surface area contributed by atoms with Crippen LogP contribution < -0.4 is 9.47 Å². The standard InChI is InChI=1S/C14H16N2O5/c1-20-11-4-2-3-5-12(11)21-9-8-16-13(17)7-6-10(15-16)14(18)19/h2-5H,6-9H2,1H3,(H,18,19). The minimum atomic E-state index is -1.10. The molecule has 1 heterocycles. The van der Waals surface area contributed by atoms with Crippen molar-refractivity contribution in [2.45, 2.75) is 12.8 Å². The first-order valence-electron chi connectivity index (χ1n) is 6.48. The summed E-state index contributed by atoms with van der Waals surface area (Å²) in [6, 6.07) is 7.15. The lowest BCUT2D eigenvalue weighted by Crippen LogP contribution is -2.36. The van der Waals surface area contributed by atoms with Gasteiger partial charge in [-0.3, -0.25) is 4.79 Å². The summed E-state index contributed by atoms with van der Waals surface area (Å²) >= 11 is 0. The topological polar surface area (TPSA) is 88.4 Å². The van der Waals surface area contributed by atoms with Gasteiger partial charge in [0.05, 0.1) is 13.7 Å². The predicted molar refractivity (Wildman–Crippen MR) is 74.5 cm³/mol. The molecule has 0 saturated heterocycles. The number of benzene rings is 1. The first-order chi connectivity index (χ1) is 10.1. The van der Waals surface area contributed by atoms with E-state index in [1.807, 2.05) is 12.1 Å². The lowest BCUT2D eigenvalue weighted by molar-refractivity contribution is -0.133. The van der Waals surface area contributed by atoms with Crippen molar-refractivity contribution in [1.82, 2.24) is 5.01 Å². The van der Waals surface area contributed by atoms with Crippen LogP contribution in [-0.4, -0.2) is 48.0 Å². The first kappa shape index (κ1) is 14.8. The molecule has 0 aromatic heterocycles. The van der Waals surface area contributed by atoms with Crippen LogP contribution in [0.3, 0.4) is 0 Å². The summed E-state index contributed by atoms with van der Waals surface area (Å²) in [7, 11) is 1.54. The quantitative estimate of drug-likeness (QED) is 0.849. The largest absolute Gasteiger partial charge is 0.493 e. The second-order valence-corrected chi connectivity index (χ2v) is 4.37. The molecule has 0 spiro atoms. The van der Waals surface area contributed by atoms with E-state index in [0.29, 0.717) is 11.5 Å². The zero-order valence-electron chi connectivity index (χ0n) is 11.6. The molecule has 0 unspecified atom stereocenters. The molecule has 21 heavy (non-hydrogen) atoms. The van der Waals surface area contributed by atoms with Crippen molar-refractivity contribution < 1.29 is 24.2 Å². The Balaban J connectivity index is 1.94. The normalized spacial score (nSPS) is 14.6. The van der Waals surface area contributed by atoms with E-state index in [4.69, 9.17) is 14.6 Å². The van der Waals surface area contributed by atoms with Crippen LogP contribution >= 0.6 is 0 Å². The minimum absolute atomic E-state index is 0.00751. The van der Waals surface area contributed by atoms with Crippen LogP contribution in [-0.2, 0) is 9.59 Å². The maximum absolute atomic E-state index is 11.7. The molecule has 7 nitrogen and oxygen atoms in total. The van der Waals surface area contributed by atoms with E-state index >= 15 is 0 Å². The van der Waals surface area contributed by atoms with Gasteiger partial charge >= 0.3 is 5.97 Å². The first-order valence-corrected chi connectivity index (χ1v) is 6.48. The van der Waals surface area contributed by atoms with Crippen LogP contribution in [0.25, 0.3) is 0 Å². The second-order valence-electron chi connectivity index (χ2n) is 4.37. The number of rotatable bonds is 6. The van der Waals surface area contributed by atoms with Crippen molar-refractivity contribution in [2.24, 2.45) is 5.10 Å². The summed E-state index contributed by atoms with van der Waals surface area (Å²) in [5, 5.41) is 13.9. The van der Waals surface area contributed by atoms with Gasteiger partial charge in [-0.1, -0.05) is 12.1 Å². The van der Waals surface area contributed by atoms with Gasteiger partial charge in [0, 0.05) is 12.8 Å². The molecular formula is C14H16N2O5. The van der Waals surface area contributed by atoms with E-state index in [1.165, 1.54) is 0 Å². The highest BCUT2D eigenvalue weighted by Crippen LogP contribution is 2.25. The molecule has 0 radical (unpaired) electrons. The number of carboxylic acid groups (broad SMARTS) is 1. The van der Waals surface area contributed by atoms with Crippen molar-refractivity contribution in [2.75, 3.05) is 20.3 Å². The number of carbonyl (C=O) groups excluding carboxylic acids is 1. The van der Waals surface area contributed by atoms with E-state index in [1.54, 1.807) is 19.2 Å². The van der Waals surface area contributed by atoms with E-state index in [0.717, 1.165) is 5.01 Å². The Bertz CT molecular complexity index is 570. The third-order valence-corrected chi connectivity index (χ3v) is 2.98. The Morgan fingerprint density at radius 1 is 1.33 bits per heavy atom. The van der Waals surface area contributed by atoms with Gasteiger partial charge in [-0.25, -0.2) is 9.80 Å². The van der Waals surface area contributed by atoms with Gasteiger partial charge in [-0.15, -0.1) is 0 Å². The van der Waals surface area contributed by atoms with Crippen LogP contribution in [0.2, 0.25) is 0 Å². The van der Waals surface area contributed by atoms with Gasteiger partial charge in [0.2, 0.25) is 5.91 Å². The average Bonchev–Trinajstić information content (AvgIpc) is 2.49. The van der Waals surface area contributed by atoms with Crippen molar-refractivity contribution in [1.29, 1.82) is 0 Å². The summed E-state index contributed by atoms with van der Waals surface area (Å²) < 4.78 is 10.7. The molecule has 0 saturated carbocycles. The third kappa shape index (κ3) is 3.71. The number of ether oxygens (including phenoxy) is 2. The van der Waals surface area contributed by atoms with E-state index < -0.39 is 5.97 Å². The number of carboxylic acids is 1. The SMILES string of the molecule is COc1ccccc1OCCN1N=C(C(=O)O)CCC1=O. The summed E-state index contributed by atoms with van der Waals surface area (Å²) in [6.07, 6.45) is 0.317. The van der Waals surface area contributed by atoms with Gasteiger partial charge in [0.15, 0.2) is 11.5 Å². The predicted octanol–water partition coefficient (Wildman–Crippen LogP) is 1.14. The molecular weight excluding hydrogens is 276 g/mol. The van der Waals surface area contributed by atoms with Gasteiger partial charge in [-0.05, 0) is 12.1 Å². The third-order valence-electron chi connectivity index (χ3n) is 2.98. The summed E-state index contributed by atoms with van der Waals surface area (Å²) in [4.78, 5) is 22.5. The molecule has 0 atom stereocenters. The number of methoxy groups -OCH3 is 1. The fourth-order valence-corrected chi connectivity index (χ4v) is 1.91. The van der Waals surface area contributed by atoms with Crippen molar-refractivity contribution in [3.63, 3.8) is 0 Å². The highest BCUT2D eigenvalue weighted by molar-refractivity contribution is 6.36. The van der Waals surface area contributed by atoms with E-state index in [9.17, 15) is 9.59 Å². The number of hydrazone groups is 1. The average molecular weight is 292 g/mol. The minimum Gasteiger partial charge on any atom is -0.493 e. The summed E-state index contributed by atoms with van der Waals surface area (Å²) in [6.45, 7) is 0.385. The van der Waals surface area contributed by atoms with E-state index in [2.05, 4.69) is 5.10 Å². The monoisotopic (exact) mass is 292 g/mol. The van der Waals surface area contributed by atoms with Crippen molar-refractivity contribution in [3.05, 3.63) is 24.3 Å². The van der Waals surface area contributed by atoms with Crippen molar-refractivity contribution >= 4 is 17.6 Å². The zero-order valence-corrected chi connectivity index (χ0v) is 11.6. The number of amides is 1. The van der Waals surface area contributed by atoms with Crippen LogP contribution in [0.4, 0.5) is 0 Å². The molecule has 1 N–H and O–H groups in total. The van der Waals surface area contributed by atoms with E-state index in [-0.39, 0.29) is 37.6 Å². The molecule has 1 aliphatic rings. The van der Waals surface area contributed by atoms with Crippen molar-refractivity contribution in [3.8, 4) is 11.5 Å². The van der Waals surface area contributed by atoms with Crippen LogP contribution in [0.15, 0.2) is 29.4 Å². The number of hydrogen-bond donors (Lipinski definition) is 1. The molecule has 1 aromatic rings. The van der Waals surface area contributed by atoms with Gasteiger partial charge < -0.3 is 14.6 Å². The van der Waals surface area contributed by atoms with Crippen LogP contribution in [0.1, 0.15) is 12.8 Å². The van der Waals surface area contributed by atoms with Gasteiger partial charge in [0.25, 0.3) is 0 Å². The molecule has 0 bridgehead atoms. The Morgan fingerprint density at radius 2 is 2.05 bits per heavy atom. The smallest absolute Gasteiger partial charge is 0.352 e. The molecule has 1 aliphatic heterocycles. The van der Waals surface area contributed by atoms with Gasteiger partial charge in [0.1, 0.15) is 12.3 Å². The molecule has 7 heteroatoms. The lowest BCUT2D eigenvalue weighted by Gasteiger charge is -2.22. The Morgan fingerprint density at radius 3 is 2.71 bits per heavy atom. The van der Waals surface area contributed by atoms with Crippen LogP contribution in [0, 0.1) is 0 Å². The maximum Gasteiger partial charge on any atom is 0.352 e. The molecule has 1 amide bonds. The molecule has 112 valence electrons. The maximum atomic E-state index is 11.7. The summed E-state index contributed by atoms with van der Waals surface area (Å²) in [5.74, 6) is -0.147. The lowest BCUT2D eigenvalue weighted by atomic mass is 10.2. The van der Waals surface area contributed by atoms with Crippen LogP contribution in [0.5, 0.6) is 11.5 Å². The number of carbonyl (C=O) groups is 2. The molecule has 0 aliphatic carbocycles. The fourth-order valence-electron chi connectivity index (χ4n) is 1.91. The Labute approximate surface area is 121 Å². The highest BCUT2D eigenvalue weighted by Gasteiger charge is 2.23. The molecule has 1 aromatic carbocycles. The number of hydrogen-bond acceptors (Lipinski definition) is 5. The highest BCUT2D eigenvalue weighted by atomic mass is 16.5. The zero-order chi connectivity index (χ0) is 15.2. The molecule has 2 rings (SSSR count). The fraction of sp³-hybridized carbons (Fsp3) is 0.357. The number of aliphatic carboxylic acids is 1. The number of para-hydroxylation sites is 2. The molecule has 0 fully saturated rings. The van der Waals surface area contributed by atoms with Gasteiger partial charge in [-0.2, -0.15) is 5.10 Å².